The van der Waals surface area contributed by atoms with Crippen molar-refractivity contribution in [3.8, 4) is 0 Å². The first-order chi connectivity index (χ1) is 9.78. The lowest BCUT2D eigenvalue weighted by Gasteiger charge is -2.14. The van der Waals surface area contributed by atoms with Crippen molar-refractivity contribution in [1.29, 1.82) is 0 Å². The van der Waals surface area contributed by atoms with Crippen LogP contribution in [-0.4, -0.2) is 24.0 Å². The molecule has 0 spiro atoms. The van der Waals surface area contributed by atoms with Crippen LogP contribution >= 0.6 is 0 Å². The average Bonchev–Trinajstić information content (AvgIpc) is 2.85. The predicted octanol–water partition coefficient (Wildman–Crippen LogP) is 3.07. The standard InChI is InChI=1S/C17H26N2O/c1-12-7-16(20-17(12)8-18-15-5-6-15)11-19-9-13-3-2-4-14(13)10-19/h7,13-15,18H,2-6,8-11H2,1H3. The largest absolute Gasteiger partial charge is 0.463 e. The fourth-order valence-corrected chi connectivity index (χ4v) is 4.05. The summed E-state index contributed by atoms with van der Waals surface area (Å²) in [5.41, 5.74) is 1.31. The minimum atomic E-state index is 0.751. The SMILES string of the molecule is Cc1cc(CN2CC3CCCC3C2)oc1CNC1CC1. The lowest BCUT2D eigenvalue weighted by Crippen LogP contribution is -2.20. The van der Waals surface area contributed by atoms with Crippen molar-refractivity contribution in [3.63, 3.8) is 0 Å². The summed E-state index contributed by atoms with van der Waals surface area (Å²) in [5, 5.41) is 3.55. The molecular weight excluding hydrogens is 248 g/mol. The highest BCUT2D eigenvalue weighted by atomic mass is 16.3. The fraction of sp³-hybridized carbons (Fsp3) is 0.765. The van der Waals surface area contributed by atoms with Crippen LogP contribution in [0.1, 0.15) is 49.2 Å². The molecule has 0 amide bonds. The zero-order valence-corrected chi connectivity index (χ0v) is 12.5. The van der Waals surface area contributed by atoms with Crippen molar-refractivity contribution in [2.24, 2.45) is 11.8 Å². The maximum absolute atomic E-state index is 6.07. The van der Waals surface area contributed by atoms with Gasteiger partial charge < -0.3 is 9.73 Å². The third-order valence-corrected chi connectivity index (χ3v) is 5.38. The van der Waals surface area contributed by atoms with Gasteiger partial charge in [-0.3, -0.25) is 4.90 Å². The van der Waals surface area contributed by atoms with Crippen LogP contribution in [0.25, 0.3) is 0 Å². The van der Waals surface area contributed by atoms with Gasteiger partial charge in [0, 0.05) is 19.1 Å². The minimum Gasteiger partial charge on any atom is -0.463 e. The normalized spacial score (nSPS) is 30.1. The lowest BCUT2D eigenvalue weighted by atomic mass is 10.0. The van der Waals surface area contributed by atoms with Crippen LogP contribution < -0.4 is 5.32 Å². The van der Waals surface area contributed by atoms with E-state index in [1.807, 2.05) is 0 Å². The van der Waals surface area contributed by atoms with E-state index in [4.69, 9.17) is 4.42 Å². The van der Waals surface area contributed by atoms with Gasteiger partial charge in [0.15, 0.2) is 0 Å². The number of hydrogen-bond acceptors (Lipinski definition) is 3. The van der Waals surface area contributed by atoms with Crippen LogP contribution in [-0.2, 0) is 13.1 Å². The van der Waals surface area contributed by atoms with Gasteiger partial charge in [0.25, 0.3) is 0 Å². The highest BCUT2D eigenvalue weighted by Gasteiger charge is 2.36. The van der Waals surface area contributed by atoms with E-state index in [0.717, 1.165) is 42.5 Å². The van der Waals surface area contributed by atoms with Gasteiger partial charge in [-0.05, 0) is 56.1 Å². The maximum Gasteiger partial charge on any atom is 0.120 e. The van der Waals surface area contributed by atoms with Crippen molar-refractivity contribution < 1.29 is 4.42 Å². The summed E-state index contributed by atoms with van der Waals surface area (Å²) in [7, 11) is 0. The van der Waals surface area contributed by atoms with Gasteiger partial charge in [0.05, 0.1) is 13.1 Å². The van der Waals surface area contributed by atoms with Gasteiger partial charge in [-0.15, -0.1) is 0 Å². The molecule has 110 valence electrons. The molecule has 2 aliphatic carbocycles. The summed E-state index contributed by atoms with van der Waals surface area (Å²) < 4.78 is 6.07. The molecule has 1 aromatic heterocycles. The van der Waals surface area contributed by atoms with Crippen LogP contribution in [0, 0.1) is 18.8 Å². The number of rotatable bonds is 5. The third-order valence-electron chi connectivity index (χ3n) is 5.38. The van der Waals surface area contributed by atoms with E-state index in [1.54, 1.807) is 0 Å². The Morgan fingerprint density at radius 1 is 1.20 bits per heavy atom. The van der Waals surface area contributed by atoms with Gasteiger partial charge in [-0.1, -0.05) is 6.42 Å². The average molecular weight is 274 g/mol. The molecule has 20 heavy (non-hydrogen) atoms. The van der Waals surface area contributed by atoms with Crippen LogP contribution in [0.4, 0.5) is 0 Å². The van der Waals surface area contributed by atoms with Gasteiger partial charge in [-0.25, -0.2) is 0 Å². The maximum atomic E-state index is 6.07. The molecule has 0 aromatic carbocycles. The number of hydrogen-bond donors (Lipinski definition) is 1. The Morgan fingerprint density at radius 2 is 1.95 bits per heavy atom. The molecule has 3 fully saturated rings. The summed E-state index contributed by atoms with van der Waals surface area (Å²) in [4.78, 5) is 2.60. The number of nitrogens with one attached hydrogen (secondary N) is 1. The van der Waals surface area contributed by atoms with Crippen LogP contribution in [0.15, 0.2) is 10.5 Å². The highest BCUT2D eigenvalue weighted by Crippen LogP contribution is 2.38. The Hall–Kier alpha value is -0.800. The second-order valence-electron chi connectivity index (χ2n) is 7.12. The summed E-state index contributed by atoms with van der Waals surface area (Å²) in [5.74, 6) is 4.26. The van der Waals surface area contributed by atoms with Crippen molar-refractivity contribution in [2.45, 2.75) is 58.2 Å². The van der Waals surface area contributed by atoms with E-state index in [9.17, 15) is 0 Å². The Balaban J connectivity index is 1.35. The molecule has 3 nitrogen and oxygen atoms in total. The van der Waals surface area contributed by atoms with Gasteiger partial charge in [0.2, 0.25) is 0 Å². The zero-order chi connectivity index (χ0) is 13.5. The highest BCUT2D eigenvalue weighted by molar-refractivity contribution is 5.20. The Kier molecular flexibility index (Phi) is 3.35. The Bertz CT molecular complexity index is 465. The number of nitrogens with zero attached hydrogens (tertiary/aromatic N) is 1. The molecule has 1 aliphatic heterocycles. The molecule has 3 aliphatic rings. The number of fused-ring (bicyclic) bond motifs is 1. The molecule has 2 unspecified atom stereocenters. The van der Waals surface area contributed by atoms with E-state index in [-0.39, 0.29) is 0 Å². The first-order valence-corrected chi connectivity index (χ1v) is 8.32. The van der Waals surface area contributed by atoms with Crippen molar-refractivity contribution in [2.75, 3.05) is 13.1 Å². The Labute approximate surface area is 121 Å². The molecule has 0 radical (unpaired) electrons. The lowest BCUT2D eigenvalue weighted by molar-refractivity contribution is 0.271. The molecule has 1 saturated heterocycles. The minimum absolute atomic E-state index is 0.751. The smallest absolute Gasteiger partial charge is 0.120 e. The van der Waals surface area contributed by atoms with Crippen molar-refractivity contribution in [3.05, 3.63) is 23.2 Å². The van der Waals surface area contributed by atoms with Gasteiger partial charge >= 0.3 is 0 Å². The van der Waals surface area contributed by atoms with Gasteiger partial charge in [0.1, 0.15) is 11.5 Å². The molecule has 2 atom stereocenters. The molecule has 2 saturated carbocycles. The Morgan fingerprint density at radius 3 is 2.65 bits per heavy atom. The predicted molar refractivity (Wildman–Crippen MR) is 79.4 cm³/mol. The molecule has 1 N–H and O–H groups in total. The van der Waals surface area contributed by atoms with Crippen LogP contribution in [0.3, 0.4) is 0 Å². The van der Waals surface area contributed by atoms with Crippen molar-refractivity contribution >= 4 is 0 Å². The first-order valence-electron chi connectivity index (χ1n) is 8.32. The topological polar surface area (TPSA) is 28.4 Å². The molecule has 2 heterocycles. The molecule has 1 aromatic rings. The van der Waals surface area contributed by atoms with E-state index in [0.29, 0.717) is 0 Å². The monoisotopic (exact) mass is 274 g/mol. The van der Waals surface area contributed by atoms with E-state index < -0.39 is 0 Å². The summed E-state index contributed by atoms with van der Waals surface area (Å²) in [6.07, 6.45) is 7.04. The number of likely N-dealkylation sites (tertiary alicyclic amines) is 1. The van der Waals surface area contributed by atoms with Gasteiger partial charge in [-0.2, -0.15) is 0 Å². The van der Waals surface area contributed by atoms with E-state index in [2.05, 4.69) is 23.2 Å². The quantitative estimate of drug-likeness (QED) is 0.894. The van der Waals surface area contributed by atoms with E-state index in [1.165, 1.54) is 50.8 Å². The molecule has 3 heteroatoms. The molecule has 4 rings (SSSR count). The number of aryl methyl sites for hydroxylation is 1. The number of furan rings is 1. The summed E-state index contributed by atoms with van der Waals surface area (Å²) in [6.45, 7) is 6.68. The van der Waals surface area contributed by atoms with Crippen molar-refractivity contribution in [1.82, 2.24) is 10.2 Å². The zero-order valence-electron chi connectivity index (χ0n) is 12.5. The second-order valence-corrected chi connectivity index (χ2v) is 7.12. The fourth-order valence-electron chi connectivity index (χ4n) is 4.05. The van der Waals surface area contributed by atoms with Crippen LogP contribution in [0.2, 0.25) is 0 Å². The van der Waals surface area contributed by atoms with Crippen LogP contribution in [0.5, 0.6) is 0 Å². The summed E-state index contributed by atoms with van der Waals surface area (Å²) in [6, 6.07) is 3.00. The first kappa shape index (κ1) is 12.9. The second kappa shape index (κ2) is 5.19. The summed E-state index contributed by atoms with van der Waals surface area (Å²) >= 11 is 0. The van der Waals surface area contributed by atoms with E-state index >= 15 is 0 Å². The molecular formula is C17H26N2O. The third kappa shape index (κ3) is 2.66. The molecule has 0 bridgehead atoms.